The first kappa shape index (κ1) is 14.8. The quantitative estimate of drug-likeness (QED) is 0.754. The summed E-state index contributed by atoms with van der Waals surface area (Å²) in [5.41, 5.74) is 5.06. The van der Waals surface area contributed by atoms with Gasteiger partial charge in [-0.25, -0.2) is 0 Å². The van der Waals surface area contributed by atoms with Crippen LogP contribution in [0.3, 0.4) is 0 Å². The smallest absolute Gasteiger partial charge is 0.153 e. The predicted octanol–water partition coefficient (Wildman–Crippen LogP) is 4.77. The number of benzene rings is 2. The van der Waals surface area contributed by atoms with Gasteiger partial charge in [0.2, 0.25) is 0 Å². The first-order valence-corrected chi connectivity index (χ1v) is 7.24. The van der Waals surface area contributed by atoms with E-state index in [9.17, 15) is 4.79 Å². The maximum absolute atomic E-state index is 11.2. The molecule has 104 valence electrons. The van der Waals surface area contributed by atoms with E-state index in [1.165, 1.54) is 11.1 Å². The van der Waals surface area contributed by atoms with Crippen LogP contribution >= 0.6 is 15.9 Å². The highest BCUT2D eigenvalue weighted by atomic mass is 79.9. The van der Waals surface area contributed by atoms with Crippen LogP contribution in [0.25, 0.3) is 0 Å². The van der Waals surface area contributed by atoms with Gasteiger partial charge < -0.3 is 4.74 Å². The highest BCUT2D eigenvalue weighted by Crippen LogP contribution is 2.27. The standard InChI is InChI=1S/C17H17BrO2/c1-11-4-12(2)6-14(5-11)10-20-17-13(3)7-16(18)8-15(17)9-19/h4-9H,10H2,1-3H3. The van der Waals surface area contributed by atoms with E-state index in [1.54, 1.807) is 6.07 Å². The van der Waals surface area contributed by atoms with Crippen molar-refractivity contribution in [3.63, 3.8) is 0 Å². The van der Waals surface area contributed by atoms with E-state index in [2.05, 4.69) is 48.0 Å². The topological polar surface area (TPSA) is 26.3 Å². The molecule has 0 saturated carbocycles. The first-order valence-electron chi connectivity index (χ1n) is 6.45. The fourth-order valence-electron chi connectivity index (χ4n) is 2.35. The minimum atomic E-state index is 0.464. The van der Waals surface area contributed by atoms with Gasteiger partial charge >= 0.3 is 0 Å². The maximum Gasteiger partial charge on any atom is 0.153 e. The van der Waals surface area contributed by atoms with Gasteiger partial charge in [-0.3, -0.25) is 4.79 Å². The average molecular weight is 333 g/mol. The molecule has 2 aromatic rings. The summed E-state index contributed by atoms with van der Waals surface area (Å²) in [6.07, 6.45) is 0.828. The Balaban J connectivity index is 2.24. The van der Waals surface area contributed by atoms with E-state index in [0.29, 0.717) is 17.9 Å². The van der Waals surface area contributed by atoms with Crippen molar-refractivity contribution >= 4 is 22.2 Å². The molecule has 0 N–H and O–H groups in total. The molecule has 0 bridgehead atoms. The average Bonchev–Trinajstić information content (AvgIpc) is 2.35. The second-order valence-electron chi connectivity index (χ2n) is 5.04. The monoisotopic (exact) mass is 332 g/mol. The number of aldehydes is 1. The number of carbonyl (C=O) groups excluding carboxylic acids is 1. The Morgan fingerprint density at radius 1 is 1.05 bits per heavy atom. The van der Waals surface area contributed by atoms with Crippen molar-refractivity contribution in [3.05, 3.63) is 62.6 Å². The van der Waals surface area contributed by atoms with Crippen LogP contribution in [0.4, 0.5) is 0 Å². The van der Waals surface area contributed by atoms with Gasteiger partial charge in [-0.15, -0.1) is 0 Å². The SMILES string of the molecule is Cc1cc(C)cc(COc2c(C)cc(Br)cc2C=O)c1. The second-order valence-corrected chi connectivity index (χ2v) is 5.96. The number of halogens is 1. The zero-order valence-electron chi connectivity index (χ0n) is 11.9. The summed E-state index contributed by atoms with van der Waals surface area (Å²) in [4.78, 5) is 11.2. The fourth-order valence-corrected chi connectivity index (χ4v) is 2.94. The Hall–Kier alpha value is -1.61. The van der Waals surface area contributed by atoms with Crippen molar-refractivity contribution in [2.45, 2.75) is 27.4 Å². The molecule has 3 heteroatoms. The third kappa shape index (κ3) is 3.48. The van der Waals surface area contributed by atoms with E-state index < -0.39 is 0 Å². The molecule has 0 spiro atoms. The molecule has 2 rings (SSSR count). The van der Waals surface area contributed by atoms with Gasteiger partial charge in [-0.05, 0) is 44.0 Å². The van der Waals surface area contributed by atoms with Crippen molar-refractivity contribution in [1.82, 2.24) is 0 Å². The minimum absolute atomic E-state index is 0.464. The number of hydrogen-bond acceptors (Lipinski definition) is 2. The summed E-state index contributed by atoms with van der Waals surface area (Å²) in [7, 11) is 0. The molecule has 0 aliphatic rings. The van der Waals surface area contributed by atoms with Crippen LogP contribution in [0, 0.1) is 20.8 Å². The Morgan fingerprint density at radius 2 is 1.70 bits per heavy atom. The lowest BCUT2D eigenvalue weighted by molar-refractivity contribution is 0.111. The van der Waals surface area contributed by atoms with E-state index >= 15 is 0 Å². The molecule has 0 heterocycles. The van der Waals surface area contributed by atoms with Gasteiger partial charge in [0.05, 0.1) is 5.56 Å². The molecule has 2 aromatic carbocycles. The normalized spacial score (nSPS) is 10.4. The van der Waals surface area contributed by atoms with E-state index in [0.717, 1.165) is 21.9 Å². The number of carbonyl (C=O) groups is 1. The number of ether oxygens (including phenoxy) is 1. The van der Waals surface area contributed by atoms with Crippen LogP contribution < -0.4 is 4.74 Å². The number of rotatable bonds is 4. The van der Waals surface area contributed by atoms with Crippen LogP contribution in [0.2, 0.25) is 0 Å². The molecule has 0 amide bonds. The van der Waals surface area contributed by atoms with Crippen LogP contribution in [-0.2, 0) is 6.61 Å². The lowest BCUT2D eigenvalue weighted by atomic mass is 10.1. The largest absolute Gasteiger partial charge is 0.488 e. The van der Waals surface area contributed by atoms with Gasteiger partial charge in [-0.2, -0.15) is 0 Å². The molecule has 0 radical (unpaired) electrons. The third-order valence-electron chi connectivity index (χ3n) is 3.06. The number of aryl methyl sites for hydroxylation is 3. The maximum atomic E-state index is 11.2. The summed E-state index contributed by atoms with van der Waals surface area (Å²) in [5.74, 6) is 0.655. The molecule has 20 heavy (non-hydrogen) atoms. The zero-order valence-corrected chi connectivity index (χ0v) is 13.5. The summed E-state index contributed by atoms with van der Waals surface area (Å²) in [6.45, 7) is 6.54. The van der Waals surface area contributed by atoms with Gasteiger partial charge in [-0.1, -0.05) is 45.3 Å². The molecular formula is C17H17BrO2. The van der Waals surface area contributed by atoms with E-state index in [-0.39, 0.29) is 0 Å². The van der Waals surface area contributed by atoms with Gasteiger partial charge in [0, 0.05) is 4.47 Å². The predicted molar refractivity (Wildman–Crippen MR) is 84.5 cm³/mol. The highest BCUT2D eigenvalue weighted by Gasteiger charge is 2.09. The van der Waals surface area contributed by atoms with Crippen LogP contribution in [0.5, 0.6) is 5.75 Å². The molecular weight excluding hydrogens is 316 g/mol. The summed E-state index contributed by atoms with van der Waals surface area (Å²) in [5, 5.41) is 0. The molecule has 0 atom stereocenters. The minimum Gasteiger partial charge on any atom is -0.488 e. The zero-order chi connectivity index (χ0) is 14.7. The van der Waals surface area contributed by atoms with Crippen molar-refractivity contribution in [1.29, 1.82) is 0 Å². The Bertz CT molecular complexity index is 627. The van der Waals surface area contributed by atoms with E-state index in [1.807, 2.05) is 13.0 Å². The molecule has 0 aliphatic heterocycles. The molecule has 0 aliphatic carbocycles. The van der Waals surface area contributed by atoms with Gasteiger partial charge in [0.25, 0.3) is 0 Å². The third-order valence-corrected chi connectivity index (χ3v) is 3.52. The number of hydrogen-bond donors (Lipinski definition) is 0. The van der Waals surface area contributed by atoms with Crippen LogP contribution in [0.1, 0.15) is 32.6 Å². The van der Waals surface area contributed by atoms with Crippen molar-refractivity contribution in [2.24, 2.45) is 0 Å². The van der Waals surface area contributed by atoms with Crippen molar-refractivity contribution in [3.8, 4) is 5.75 Å². The fraction of sp³-hybridized carbons (Fsp3) is 0.235. The summed E-state index contributed by atoms with van der Waals surface area (Å²) in [6, 6.07) is 10.1. The Kier molecular flexibility index (Phi) is 4.61. The summed E-state index contributed by atoms with van der Waals surface area (Å²) < 4.78 is 6.74. The molecule has 0 aromatic heterocycles. The molecule has 0 fully saturated rings. The van der Waals surface area contributed by atoms with Gasteiger partial charge in [0.1, 0.15) is 12.4 Å². The first-order chi connectivity index (χ1) is 9.49. The Morgan fingerprint density at radius 3 is 2.30 bits per heavy atom. The van der Waals surface area contributed by atoms with Crippen molar-refractivity contribution < 1.29 is 9.53 Å². The Labute approximate surface area is 127 Å². The van der Waals surface area contributed by atoms with Crippen LogP contribution in [0.15, 0.2) is 34.8 Å². The highest BCUT2D eigenvalue weighted by molar-refractivity contribution is 9.10. The summed E-state index contributed by atoms with van der Waals surface area (Å²) >= 11 is 3.39. The van der Waals surface area contributed by atoms with Crippen LogP contribution in [-0.4, -0.2) is 6.29 Å². The van der Waals surface area contributed by atoms with Gasteiger partial charge in [0.15, 0.2) is 6.29 Å². The lowest BCUT2D eigenvalue weighted by Crippen LogP contribution is -2.01. The lowest BCUT2D eigenvalue weighted by Gasteiger charge is -2.13. The van der Waals surface area contributed by atoms with E-state index in [4.69, 9.17) is 4.74 Å². The van der Waals surface area contributed by atoms with Crippen molar-refractivity contribution in [2.75, 3.05) is 0 Å². The molecule has 2 nitrogen and oxygen atoms in total. The second kappa shape index (κ2) is 6.23. The molecule has 0 saturated heterocycles. The molecule has 0 unspecified atom stereocenters.